The van der Waals surface area contributed by atoms with E-state index in [1.54, 1.807) is 70.2 Å². The first-order valence-electron chi connectivity index (χ1n) is 23.8. The number of ketones is 2. The summed E-state index contributed by atoms with van der Waals surface area (Å²) in [6.07, 6.45) is 12.2. The standard InChI is InChI=1S/C58H62N2O10/c1-11-13-14-20-35-33(27-25-31(3)4)29-38-48(61)52(63)57(7,8)69-50(38)44(35)47(59-40-23-17-15-21-36(40)55(65)66)45-42(19-12-2)60-41-24-18-16-22-37(41)56(67)68-54(60)46-43(45)34(28-26-32(5)6)30-39-49(62)53(64)58(9,10)70-51(39)46/h11-26,29-30,42,45,47,52-54,59,63-64H,27-28H2,1-10H3,(H,65,66)/b13-11+,19-12+,20-14+/t42-,45?,47-,52+,53+,54-/m0/s1. The van der Waals surface area contributed by atoms with Crippen LogP contribution in [0, 0.1) is 0 Å². The number of nitrogens with one attached hydrogen (secondary N) is 1. The van der Waals surface area contributed by atoms with Gasteiger partial charge in [-0.05, 0) is 141 Å². The number of ether oxygens (including phenoxy) is 3. The Bertz CT molecular complexity index is 2960. The van der Waals surface area contributed by atoms with Gasteiger partial charge < -0.3 is 39.7 Å². The van der Waals surface area contributed by atoms with Gasteiger partial charge in [0.25, 0.3) is 0 Å². The average Bonchev–Trinajstić information content (AvgIpc) is 3.31. The van der Waals surface area contributed by atoms with E-state index < -0.39 is 71.1 Å². The lowest BCUT2D eigenvalue weighted by Crippen LogP contribution is -2.55. The van der Waals surface area contributed by atoms with Crippen LogP contribution < -0.4 is 19.7 Å². The van der Waals surface area contributed by atoms with Crippen molar-refractivity contribution >= 4 is 41.0 Å². The zero-order valence-corrected chi connectivity index (χ0v) is 41.4. The molecule has 0 aliphatic carbocycles. The number of nitrogens with zero attached hydrogens (tertiary/aromatic N) is 1. The molecule has 0 fully saturated rings. The monoisotopic (exact) mass is 946 g/mol. The van der Waals surface area contributed by atoms with E-state index in [4.69, 9.17) is 14.2 Å². The number of para-hydroxylation sites is 2. The Balaban J connectivity index is 1.63. The van der Waals surface area contributed by atoms with Gasteiger partial charge in [-0.3, -0.25) is 9.59 Å². The van der Waals surface area contributed by atoms with Crippen molar-refractivity contribution in [2.45, 2.75) is 130 Å². The van der Waals surface area contributed by atoms with Crippen molar-refractivity contribution in [2.75, 3.05) is 10.2 Å². The fraction of sp³-hybridized carbons (Fsp3) is 0.345. The third-order valence-corrected chi connectivity index (χ3v) is 13.7. The maximum absolute atomic E-state index is 14.7. The van der Waals surface area contributed by atoms with Crippen molar-refractivity contribution < 1.29 is 48.7 Å². The summed E-state index contributed by atoms with van der Waals surface area (Å²) in [6, 6.07) is 15.6. The summed E-state index contributed by atoms with van der Waals surface area (Å²) in [5.41, 5.74) is 4.21. The number of fused-ring (bicyclic) bond motifs is 8. The van der Waals surface area contributed by atoms with Crippen LogP contribution in [0.2, 0.25) is 0 Å². The molecular formula is C58H62N2O10. The zero-order valence-electron chi connectivity index (χ0n) is 41.4. The molecule has 12 heteroatoms. The van der Waals surface area contributed by atoms with Gasteiger partial charge in [-0.2, -0.15) is 0 Å². The van der Waals surface area contributed by atoms with Crippen LogP contribution in [0.25, 0.3) is 6.08 Å². The zero-order chi connectivity index (χ0) is 50.6. The van der Waals surface area contributed by atoms with Gasteiger partial charge in [-0.15, -0.1) is 0 Å². The normalized spacial score (nSPS) is 22.2. The number of carboxylic acids is 1. The highest BCUT2D eigenvalue weighted by molar-refractivity contribution is 6.06. The van der Waals surface area contributed by atoms with Gasteiger partial charge in [-0.25, -0.2) is 9.59 Å². The van der Waals surface area contributed by atoms with Crippen molar-refractivity contribution in [3.8, 4) is 11.5 Å². The third kappa shape index (κ3) is 8.68. The second-order valence-corrected chi connectivity index (χ2v) is 20.0. The Hall–Kier alpha value is -7.02. The first kappa shape index (κ1) is 49.4. The maximum atomic E-state index is 14.7. The summed E-state index contributed by atoms with van der Waals surface area (Å²) < 4.78 is 20.3. The highest BCUT2D eigenvalue weighted by Gasteiger charge is 2.55. The van der Waals surface area contributed by atoms with Crippen LogP contribution in [0.5, 0.6) is 11.5 Å². The minimum Gasteiger partial charge on any atom is -0.483 e. The van der Waals surface area contributed by atoms with Crippen molar-refractivity contribution in [1.29, 1.82) is 0 Å². The molecule has 4 aliphatic heterocycles. The second-order valence-electron chi connectivity index (χ2n) is 20.0. The Kier molecular flexibility index (Phi) is 13.4. The summed E-state index contributed by atoms with van der Waals surface area (Å²) in [5, 5.41) is 37.7. The molecule has 6 atom stereocenters. The van der Waals surface area contributed by atoms with Gasteiger partial charge in [-0.1, -0.05) is 84.0 Å². The van der Waals surface area contributed by atoms with Crippen LogP contribution >= 0.6 is 0 Å². The molecule has 0 radical (unpaired) electrons. The third-order valence-electron chi connectivity index (χ3n) is 13.7. The van der Waals surface area contributed by atoms with Crippen molar-refractivity contribution in [3.05, 3.63) is 170 Å². The molecule has 4 N–H and O–H groups in total. The number of hydrogen-bond acceptors (Lipinski definition) is 11. The van der Waals surface area contributed by atoms with Crippen LogP contribution in [0.4, 0.5) is 11.4 Å². The van der Waals surface area contributed by atoms with Crippen LogP contribution in [-0.2, 0) is 17.6 Å². The Labute approximate surface area is 409 Å². The predicted molar refractivity (Wildman–Crippen MR) is 271 cm³/mol. The number of allylic oxidation sites excluding steroid dienone is 8. The molecule has 4 aromatic rings. The molecular weight excluding hydrogens is 885 g/mol. The minimum absolute atomic E-state index is 0.0190. The van der Waals surface area contributed by atoms with Crippen molar-refractivity contribution in [2.24, 2.45) is 0 Å². The number of anilines is 2. The van der Waals surface area contributed by atoms with Gasteiger partial charge in [0.05, 0.1) is 45.6 Å². The molecule has 0 amide bonds. The van der Waals surface area contributed by atoms with Gasteiger partial charge in [0.1, 0.15) is 22.7 Å². The lowest BCUT2D eigenvalue weighted by atomic mass is 9.69. The summed E-state index contributed by atoms with van der Waals surface area (Å²) in [5.74, 6) is -3.32. The molecule has 4 aliphatic rings. The first-order valence-corrected chi connectivity index (χ1v) is 23.8. The molecule has 0 bridgehead atoms. The summed E-state index contributed by atoms with van der Waals surface area (Å²) in [7, 11) is 0. The fourth-order valence-electron chi connectivity index (χ4n) is 10.2. The molecule has 8 rings (SSSR count). The molecule has 4 heterocycles. The average molecular weight is 947 g/mol. The first-order chi connectivity index (χ1) is 33.2. The number of benzene rings is 4. The molecule has 0 saturated carbocycles. The molecule has 1 unspecified atom stereocenters. The number of Topliss-reactive ketones (excluding diaryl/α,β-unsaturated/α-hetero) is 2. The summed E-state index contributed by atoms with van der Waals surface area (Å²) in [4.78, 5) is 58.9. The van der Waals surface area contributed by atoms with Crippen LogP contribution in [0.15, 0.2) is 114 Å². The maximum Gasteiger partial charge on any atom is 0.342 e. The number of hydrogen-bond donors (Lipinski definition) is 4. The Morgan fingerprint density at radius 2 is 1.34 bits per heavy atom. The Morgan fingerprint density at radius 1 is 0.757 bits per heavy atom. The molecule has 0 saturated heterocycles. The van der Waals surface area contributed by atoms with E-state index in [9.17, 15) is 34.5 Å². The lowest BCUT2D eigenvalue weighted by molar-refractivity contribution is -0.0282. The number of aliphatic hydroxyl groups is 2. The highest BCUT2D eigenvalue weighted by atomic mass is 16.6. The predicted octanol–water partition coefficient (Wildman–Crippen LogP) is 11.0. The summed E-state index contributed by atoms with van der Waals surface area (Å²) in [6.45, 7) is 18.3. The van der Waals surface area contributed by atoms with E-state index in [0.29, 0.717) is 51.9 Å². The fourth-order valence-corrected chi connectivity index (χ4v) is 10.2. The van der Waals surface area contributed by atoms with Gasteiger partial charge in [0.15, 0.2) is 23.8 Å². The van der Waals surface area contributed by atoms with E-state index in [0.717, 1.165) is 16.7 Å². The van der Waals surface area contributed by atoms with Crippen LogP contribution in [0.1, 0.15) is 162 Å². The molecule has 12 nitrogen and oxygen atoms in total. The van der Waals surface area contributed by atoms with Crippen molar-refractivity contribution in [3.63, 3.8) is 0 Å². The van der Waals surface area contributed by atoms with E-state index >= 15 is 0 Å². The number of rotatable bonds is 12. The minimum atomic E-state index is -1.52. The van der Waals surface area contributed by atoms with E-state index in [1.807, 2.05) is 101 Å². The second kappa shape index (κ2) is 19.1. The SMILES string of the molecule is C/C=C/C=C/c1c(CC=C(C)C)cc2c(c1[C@H](Nc1ccccc1C(=O)O)C1c3c(CC=C(C)C)cc4c(c3[C@@H]3OC(=O)c5ccccc5N3[C@H]1/C=C/C)OC(C)(C)[C@H](O)C4=O)OC(C)(C)[C@H](O)C2=O. The van der Waals surface area contributed by atoms with E-state index in [-0.39, 0.29) is 33.9 Å². The number of carbonyl (C=O) groups is 4. The molecule has 0 aromatic heterocycles. The smallest absolute Gasteiger partial charge is 0.342 e. The van der Waals surface area contributed by atoms with Crippen molar-refractivity contribution in [1.82, 2.24) is 0 Å². The molecule has 70 heavy (non-hydrogen) atoms. The lowest BCUT2D eigenvalue weighted by Gasteiger charge is -2.53. The van der Waals surface area contributed by atoms with Crippen LogP contribution in [-0.4, -0.2) is 68.3 Å². The molecule has 364 valence electrons. The number of carbonyl (C=O) groups excluding carboxylic acids is 3. The largest absolute Gasteiger partial charge is 0.483 e. The number of aromatic carboxylic acids is 1. The quantitative estimate of drug-likeness (QED) is 0.0603. The summed E-state index contributed by atoms with van der Waals surface area (Å²) >= 11 is 0. The van der Waals surface area contributed by atoms with Gasteiger partial charge in [0, 0.05) is 17.2 Å². The van der Waals surface area contributed by atoms with Crippen LogP contribution in [0.3, 0.4) is 0 Å². The van der Waals surface area contributed by atoms with Gasteiger partial charge in [0.2, 0.25) is 6.23 Å². The molecule has 0 spiro atoms. The highest BCUT2D eigenvalue weighted by Crippen LogP contribution is 2.59. The number of aliphatic hydroxyl groups excluding tert-OH is 2. The number of esters is 1. The van der Waals surface area contributed by atoms with E-state index in [1.165, 1.54) is 6.07 Å². The van der Waals surface area contributed by atoms with E-state index in [2.05, 4.69) is 11.4 Å². The molecule has 4 aromatic carbocycles. The number of carboxylic acid groups (broad SMARTS) is 1. The topological polar surface area (TPSA) is 172 Å². The Morgan fingerprint density at radius 3 is 1.97 bits per heavy atom. The van der Waals surface area contributed by atoms with Gasteiger partial charge >= 0.3 is 11.9 Å².